The highest BCUT2D eigenvalue weighted by Crippen LogP contribution is 1.80. The Labute approximate surface area is 50.3 Å². The minimum Gasteiger partial charge on any atom is -0.371 e. The summed E-state index contributed by atoms with van der Waals surface area (Å²) in [6.45, 7) is 8.38. The van der Waals surface area contributed by atoms with Crippen molar-refractivity contribution in [3.05, 3.63) is 12.4 Å². The Balaban J connectivity index is 3.33. The highest BCUT2D eigenvalue weighted by atomic mass is 15.0. The van der Waals surface area contributed by atoms with Crippen LogP contribution in [0.15, 0.2) is 17.4 Å². The minimum absolute atomic E-state index is 0.731. The summed E-state index contributed by atoms with van der Waals surface area (Å²) in [5.74, 6) is 0.731. The summed E-state index contributed by atoms with van der Waals surface area (Å²) < 4.78 is 0. The number of hydrogen-bond acceptors (Lipinski definition) is 2. The third-order valence-electron chi connectivity index (χ3n) is 0.666. The van der Waals surface area contributed by atoms with E-state index in [2.05, 4.69) is 16.9 Å². The van der Waals surface area contributed by atoms with E-state index in [0.29, 0.717) is 0 Å². The zero-order chi connectivity index (χ0) is 6.41. The molecule has 0 aromatic carbocycles. The molecule has 0 amide bonds. The van der Waals surface area contributed by atoms with Gasteiger partial charge < -0.3 is 5.32 Å². The predicted octanol–water partition coefficient (Wildman–Crippen LogP) is 1.16. The van der Waals surface area contributed by atoms with Crippen molar-refractivity contribution in [1.29, 1.82) is 0 Å². The van der Waals surface area contributed by atoms with Crippen LogP contribution in [0.25, 0.3) is 0 Å². The normalized spacial score (nSPS) is 9.75. The van der Waals surface area contributed by atoms with E-state index in [-0.39, 0.29) is 0 Å². The van der Waals surface area contributed by atoms with Crippen LogP contribution in [-0.4, -0.2) is 12.8 Å². The van der Waals surface area contributed by atoms with Crippen LogP contribution in [0.5, 0.6) is 0 Å². The van der Waals surface area contributed by atoms with E-state index in [1.807, 2.05) is 13.8 Å². The van der Waals surface area contributed by atoms with E-state index in [9.17, 15) is 0 Å². The van der Waals surface area contributed by atoms with Gasteiger partial charge in [0.15, 0.2) is 0 Å². The van der Waals surface area contributed by atoms with Gasteiger partial charge in [-0.25, -0.2) is 4.99 Å². The summed E-state index contributed by atoms with van der Waals surface area (Å²) in [5.41, 5.74) is 0. The molecule has 0 aliphatic carbocycles. The zero-order valence-electron chi connectivity index (χ0n) is 5.44. The van der Waals surface area contributed by atoms with Gasteiger partial charge in [0.1, 0.15) is 5.82 Å². The Morgan fingerprint density at radius 1 is 1.88 bits per heavy atom. The van der Waals surface area contributed by atoms with Crippen LogP contribution in [0.2, 0.25) is 0 Å². The van der Waals surface area contributed by atoms with Crippen molar-refractivity contribution in [2.24, 2.45) is 4.99 Å². The Bertz CT molecular complexity index is 94.7. The van der Waals surface area contributed by atoms with Crippen LogP contribution in [0.4, 0.5) is 0 Å². The maximum absolute atomic E-state index is 3.88. The van der Waals surface area contributed by atoms with E-state index < -0.39 is 0 Å². The fourth-order valence-corrected chi connectivity index (χ4v) is 0.406. The van der Waals surface area contributed by atoms with E-state index in [1.165, 1.54) is 0 Å². The number of aliphatic imine (C=N–C) groups is 1. The lowest BCUT2D eigenvalue weighted by atomic mass is 10.7. The predicted molar refractivity (Wildman–Crippen MR) is 37.0 cm³/mol. The molecule has 0 saturated carbocycles. The van der Waals surface area contributed by atoms with Crippen molar-refractivity contribution in [3.63, 3.8) is 0 Å². The van der Waals surface area contributed by atoms with Crippen molar-refractivity contribution in [2.75, 3.05) is 6.54 Å². The minimum atomic E-state index is 0.731. The molecule has 0 aromatic rings. The third kappa shape index (κ3) is 3.40. The molecule has 2 heteroatoms. The molecule has 0 unspecified atom stereocenters. The molecule has 0 atom stereocenters. The third-order valence-corrected chi connectivity index (χ3v) is 0.666. The highest BCUT2D eigenvalue weighted by molar-refractivity contribution is 5.54. The van der Waals surface area contributed by atoms with Gasteiger partial charge in [-0.1, -0.05) is 6.58 Å². The molecule has 0 aliphatic heterocycles. The zero-order valence-corrected chi connectivity index (χ0v) is 5.44. The smallest absolute Gasteiger partial charge is 0.118 e. The van der Waals surface area contributed by atoms with Crippen LogP contribution in [0.1, 0.15) is 13.8 Å². The highest BCUT2D eigenvalue weighted by Gasteiger charge is 1.78. The maximum Gasteiger partial charge on any atom is 0.118 e. The first-order valence-corrected chi connectivity index (χ1v) is 2.72. The van der Waals surface area contributed by atoms with Crippen LogP contribution in [0.3, 0.4) is 0 Å². The van der Waals surface area contributed by atoms with E-state index in [0.717, 1.165) is 12.4 Å². The average molecular weight is 112 g/mol. The Kier molecular flexibility index (Phi) is 3.94. The summed E-state index contributed by atoms with van der Waals surface area (Å²) in [5, 5.41) is 2.95. The molecule has 0 aromatic heterocycles. The second-order valence-corrected chi connectivity index (χ2v) is 1.36. The van der Waals surface area contributed by atoms with Gasteiger partial charge in [0.2, 0.25) is 0 Å². The van der Waals surface area contributed by atoms with Crippen molar-refractivity contribution in [2.45, 2.75) is 13.8 Å². The quantitative estimate of drug-likeness (QED) is 0.544. The molecule has 0 bridgehead atoms. The van der Waals surface area contributed by atoms with Crippen LogP contribution < -0.4 is 5.32 Å². The molecule has 46 valence electrons. The maximum atomic E-state index is 3.88. The molecule has 0 radical (unpaired) electrons. The monoisotopic (exact) mass is 112 g/mol. The number of nitrogens with one attached hydrogen (secondary N) is 1. The lowest BCUT2D eigenvalue weighted by Crippen LogP contribution is -2.08. The van der Waals surface area contributed by atoms with Crippen molar-refractivity contribution in [3.8, 4) is 0 Å². The Morgan fingerprint density at radius 2 is 2.50 bits per heavy atom. The topological polar surface area (TPSA) is 24.4 Å². The first-order chi connectivity index (χ1) is 3.81. The molecule has 0 saturated heterocycles. The summed E-state index contributed by atoms with van der Waals surface area (Å²) >= 11 is 0. The van der Waals surface area contributed by atoms with E-state index in [4.69, 9.17) is 0 Å². The second kappa shape index (κ2) is 4.37. The average Bonchev–Trinajstić information content (AvgIpc) is 1.68. The second-order valence-electron chi connectivity index (χ2n) is 1.36. The summed E-state index contributed by atoms with van der Waals surface area (Å²) in [7, 11) is 0. The van der Waals surface area contributed by atoms with Crippen LogP contribution >= 0.6 is 0 Å². The molecule has 0 aliphatic rings. The Hall–Kier alpha value is -0.790. The van der Waals surface area contributed by atoms with Gasteiger partial charge in [0.05, 0.1) is 0 Å². The SMILES string of the molecule is C=C(/N=C\C)NCC. The summed E-state index contributed by atoms with van der Waals surface area (Å²) in [6, 6.07) is 0. The first kappa shape index (κ1) is 7.21. The molecule has 1 N–H and O–H groups in total. The molecular weight excluding hydrogens is 100 g/mol. The van der Waals surface area contributed by atoms with Crippen molar-refractivity contribution < 1.29 is 0 Å². The molecule has 0 spiro atoms. The van der Waals surface area contributed by atoms with Gasteiger partial charge in [-0.05, 0) is 13.8 Å². The number of hydrogen-bond donors (Lipinski definition) is 1. The fourth-order valence-electron chi connectivity index (χ4n) is 0.406. The standard InChI is InChI=1S/C6H12N2/c1-4-7-6(3)8-5-2/h4,8H,3,5H2,1-2H3/b7-4-. The van der Waals surface area contributed by atoms with Gasteiger partial charge in [0, 0.05) is 12.8 Å². The molecule has 2 nitrogen and oxygen atoms in total. The number of nitrogens with zero attached hydrogens (tertiary/aromatic N) is 1. The molecule has 0 rings (SSSR count). The Morgan fingerprint density at radius 3 is 2.88 bits per heavy atom. The van der Waals surface area contributed by atoms with E-state index >= 15 is 0 Å². The molecule has 8 heavy (non-hydrogen) atoms. The van der Waals surface area contributed by atoms with Gasteiger partial charge in [0.25, 0.3) is 0 Å². The van der Waals surface area contributed by atoms with Gasteiger partial charge >= 0.3 is 0 Å². The lowest BCUT2D eigenvalue weighted by molar-refractivity contribution is 0.847. The van der Waals surface area contributed by atoms with Gasteiger partial charge in [-0.2, -0.15) is 0 Å². The first-order valence-electron chi connectivity index (χ1n) is 2.72. The lowest BCUT2D eigenvalue weighted by Gasteiger charge is -1.97. The fraction of sp³-hybridized carbons (Fsp3) is 0.500. The van der Waals surface area contributed by atoms with Gasteiger partial charge in [-0.15, -0.1) is 0 Å². The van der Waals surface area contributed by atoms with Gasteiger partial charge in [-0.3, -0.25) is 0 Å². The van der Waals surface area contributed by atoms with Crippen molar-refractivity contribution in [1.82, 2.24) is 5.32 Å². The van der Waals surface area contributed by atoms with E-state index in [1.54, 1.807) is 6.21 Å². The molecule has 0 fully saturated rings. The number of rotatable bonds is 3. The summed E-state index contributed by atoms with van der Waals surface area (Å²) in [6.07, 6.45) is 1.71. The van der Waals surface area contributed by atoms with Crippen LogP contribution in [-0.2, 0) is 0 Å². The molecule has 0 heterocycles. The van der Waals surface area contributed by atoms with Crippen LogP contribution in [0, 0.1) is 0 Å². The summed E-state index contributed by atoms with van der Waals surface area (Å²) in [4.78, 5) is 3.88. The van der Waals surface area contributed by atoms with Crippen molar-refractivity contribution >= 4 is 6.21 Å². The largest absolute Gasteiger partial charge is 0.371 e. The molecular formula is C6H12N2.